The molecule has 0 spiro atoms. The second-order valence-electron chi connectivity index (χ2n) is 8.30. The van der Waals surface area contributed by atoms with E-state index in [9.17, 15) is 0 Å². The third-order valence-electron chi connectivity index (χ3n) is 6.24. The largest absolute Gasteiger partial charge is 0.341 e. The van der Waals surface area contributed by atoms with Crippen molar-refractivity contribution in [3.63, 3.8) is 0 Å². The molecule has 2 aliphatic heterocycles. The van der Waals surface area contributed by atoms with E-state index < -0.39 is 0 Å². The minimum atomic E-state index is 0.107. The quantitative estimate of drug-likeness (QED) is 0.699. The molecule has 1 fully saturated rings. The second kappa shape index (κ2) is 5.68. The lowest BCUT2D eigenvalue weighted by Crippen LogP contribution is -2.52. The molecule has 0 N–H and O–H groups in total. The zero-order valence-corrected chi connectivity index (χ0v) is 15.5. The number of benzene rings is 1. The molecule has 0 bridgehead atoms. The first-order chi connectivity index (χ1) is 11.5. The van der Waals surface area contributed by atoms with Crippen molar-refractivity contribution >= 4 is 5.69 Å². The molecule has 24 heavy (non-hydrogen) atoms. The highest BCUT2D eigenvalue weighted by molar-refractivity contribution is 5.63. The van der Waals surface area contributed by atoms with Crippen molar-refractivity contribution in [1.82, 2.24) is 4.90 Å². The van der Waals surface area contributed by atoms with Gasteiger partial charge in [-0.3, -0.25) is 0 Å². The first kappa shape index (κ1) is 15.8. The molecule has 0 aromatic heterocycles. The third-order valence-corrected chi connectivity index (χ3v) is 6.24. The monoisotopic (exact) mass is 322 g/mol. The van der Waals surface area contributed by atoms with E-state index in [2.05, 4.69) is 73.9 Å². The van der Waals surface area contributed by atoms with Crippen molar-refractivity contribution in [1.29, 1.82) is 0 Å². The summed E-state index contributed by atoms with van der Waals surface area (Å²) in [4.78, 5) is 5.34. The minimum Gasteiger partial charge on any atom is -0.341 e. The molecular formula is C22H30N2. The maximum Gasteiger partial charge on any atom is 0.110 e. The van der Waals surface area contributed by atoms with E-state index in [0.717, 1.165) is 5.92 Å². The maximum atomic E-state index is 2.70. The van der Waals surface area contributed by atoms with Crippen LogP contribution in [0.5, 0.6) is 0 Å². The molecule has 4 rings (SSSR count). The number of para-hydroxylation sites is 1. The van der Waals surface area contributed by atoms with Crippen molar-refractivity contribution in [2.24, 2.45) is 5.92 Å². The predicted molar refractivity (Wildman–Crippen MR) is 102 cm³/mol. The molecule has 3 aliphatic rings. The van der Waals surface area contributed by atoms with E-state index in [4.69, 9.17) is 0 Å². The lowest BCUT2D eigenvalue weighted by molar-refractivity contribution is 0.117. The Bertz CT molecular complexity index is 692. The Morgan fingerprint density at radius 2 is 1.71 bits per heavy atom. The standard InChI is InChI=1S/C22H30N2/c1-16-10-8-9-13-19(16)23-17(2)20-14-15-22(3,4)24(20)21(23)18-11-6-5-7-12-18/h8-10,13-15,18,21H,5-7,11-12H2,1-4H3. The van der Waals surface area contributed by atoms with Crippen LogP contribution in [0.25, 0.3) is 0 Å². The molecular weight excluding hydrogens is 292 g/mol. The molecule has 1 aliphatic carbocycles. The SMILES string of the molecule is CC1=C2C=CC(C)(C)N2C(C2CCCCC2)N1c1ccccc1C. The van der Waals surface area contributed by atoms with Gasteiger partial charge in [-0.25, -0.2) is 0 Å². The summed E-state index contributed by atoms with van der Waals surface area (Å²) >= 11 is 0. The molecule has 0 radical (unpaired) electrons. The van der Waals surface area contributed by atoms with Gasteiger partial charge in [-0.15, -0.1) is 0 Å². The van der Waals surface area contributed by atoms with E-state index >= 15 is 0 Å². The smallest absolute Gasteiger partial charge is 0.110 e. The van der Waals surface area contributed by atoms with Crippen molar-refractivity contribution in [3.05, 3.63) is 53.4 Å². The van der Waals surface area contributed by atoms with E-state index in [0.29, 0.717) is 6.17 Å². The maximum absolute atomic E-state index is 2.70. The van der Waals surface area contributed by atoms with Gasteiger partial charge >= 0.3 is 0 Å². The zero-order valence-electron chi connectivity index (χ0n) is 15.5. The molecule has 2 heteroatoms. The Hall–Kier alpha value is -1.70. The van der Waals surface area contributed by atoms with Crippen LogP contribution in [0.3, 0.4) is 0 Å². The Balaban J connectivity index is 1.82. The van der Waals surface area contributed by atoms with Crippen LogP contribution >= 0.6 is 0 Å². The molecule has 1 aromatic rings. The lowest BCUT2D eigenvalue weighted by Gasteiger charge is -2.45. The third kappa shape index (κ3) is 2.30. The van der Waals surface area contributed by atoms with E-state index in [1.165, 1.54) is 54.7 Å². The number of rotatable bonds is 2. The summed E-state index contributed by atoms with van der Waals surface area (Å²) in [5, 5.41) is 0. The number of hydrogen-bond acceptors (Lipinski definition) is 2. The number of anilines is 1. The highest BCUT2D eigenvalue weighted by Gasteiger charge is 2.48. The molecule has 0 saturated heterocycles. The van der Waals surface area contributed by atoms with Crippen LogP contribution in [0.15, 0.2) is 47.8 Å². The minimum absolute atomic E-state index is 0.107. The number of allylic oxidation sites excluding steroid dienone is 2. The van der Waals surface area contributed by atoms with Crippen LogP contribution in [0.1, 0.15) is 58.4 Å². The molecule has 0 amide bonds. The highest BCUT2D eigenvalue weighted by atomic mass is 15.5. The van der Waals surface area contributed by atoms with Gasteiger partial charge < -0.3 is 9.80 Å². The lowest BCUT2D eigenvalue weighted by atomic mass is 9.85. The fraction of sp³-hybridized carbons (Fsp3) is 0.545. The van der Waals surface area contributed by atoms with Crippen molar-refractivity contribution in [2.45, 2.75) is 71.5 Å². The highest BCUT2D eigenvalue weighted by Crippen LogP contribution is 2.48. The van der Waals surface area contributed by atoms with Crippen LogP contribution in [0.4, 0.5) is 5.69 Å². The molecule has 2 heterocycles. The fourth-order valence-electron chi connectivity index (χ4n) is 4.98. The van der Waals surface area contributed by atoms with E-state index in [1.54, 1.807) is 0 Å². The van der Waals surface area contributed by atoms with Gasteiger partial charge in [-0.05, 0) is 64.2 Å². The summed E-state index contributed by atoms with van der Waals surface area (Å²) in [6.07, 6.45) is 12.1. The predicted octanol–water partition coefficient (Wildman–Crippen LogP) is 5.60. The fourth-order valence-corrected chi connectivity index (χ4v) is 4.98. The first-order valence-corrected chi connectivity index (χ1v) is 9.55. The van der Waals surface area contributed by atoms with E-state index in [1.807, 2.05) is 0 Å². The topological polar surface area (TPSA) is 6.48 Å². The molecule has 1 atom stereocenters. The summed E-state index contributed by atoms with van der Waals surface area (Å²) in [7, 11) is 0. The van der Waals surface area contributed by atoms with Gasteiger partial charge in [0.05, 0.1) is 11.2 Å². The van der Waals surface area contributed by atoms with Gasteiger partial charge in [0.2, 0.25) is 0 Å². The number of fused-ring (bicyclic) bond motifs is 1. The summed E-state index contributed by atoms with van der Waals surface area (Å²) in [5.74, 6) is 0.755. The Morgan fingerprint density at radius 1 is 1.00 bits per heavy atom. The second-order valence-corrected chi connectivity index (χ2v) is 8.30. The molecule has 2 nitrogen and oxygen atoms in total. The molecule has 1 aromatic carbocycles. The molecule has 128 valence electrons. The number of aryl methyl sites for hydroxylation is 1. The first-order valence-electron chi connectivity index (χ1n) is 9.55. The molecule has 1 saturated carbocycles. The van der Waals surface area contributed by atoms with Gasteiger partial charge in [-0.1, -0.05) is 43.5 Å². The van der Waals surface area contributed by atoms with Gasteiger partial charge in [0, 0.05) is 11.4 Å². The number of hydrogen-bond donors (Lipinski definition) is 0. The normalized spacial score (nSPS) is 26.4. The average molecular weight is 322 g/mol. The number of nitrogens with zero attached hydrogens (tertiary/aromatic N) is 2. The Kier molecular flexibility index (Phi) is 3.74. The van der Waals surface area contributed by atoms with Crippen molar-refractivity contribution < 1.29 is 0 Å². The van der Waals surface area contributed by atoms with Crippen LogP contribution < -0.4 is 4.90 Å². The van der Waals surface area contributed by atoms with E-state index in [-0.39, 0.29) is 5.54 Å². The van der Waals surface area contributed by atoms with Crippen molar-refractivity contribution in [3.8, 4) is 0 Å². The summed E-state index contributed by atoms with van der Waals surface area (Å²) in [6.45, 7) is 9.28. The molecule has 1 unspecified atom stereocenters. The van der Waals surface area contributed by atoms with Crippen LogP contribution in [0.2, 0.25) is 0 Å². The van der Waals surface area contributed by atoms with Crippen LogP contribution in [-0.2, 0) is 0 Å². The summed E-state index contributed by atoms with van der Waals surface area (Å²) < 4.78 is 0. The average Bonchev–Trinajstić information content (AvgIpc) is 3.05. The van der Waals surface area contributed by atoms with Crippen molar-refractivity contribution in [2.75, 3.05) is 4.90 Å². The van der Waals surface area contributed by atoms with Crippen LogP contribution in [0, 0.1) is 12.8 Å². The van der Waals surface area contributed by atoms with Gasteiger partial charge in [0.25, 0.3) is 0 Å². The van der Waals surface area contributed by atoms with Gasteiger partial charge in [-0.2, -0.15) is 0 Å². The Labute approximate surface area is 146 Å². The zero-order chi connectivity index (χ0) is 16.9. The Morgan fingerprint density at radius 3 is 2.42 bits per heavy atom. The van der Waals surface area contributed by atoms with Gasteiger partial charge in [0.15, 0.2) is 0 Å². The van der Waals surface area contributed by atoms with Crippen LogP contribution in [-0.4, -0.2) is 16.6 Å². The summed E-state index contributed by atoms with van der Waals surface area (Å²) in [5.41, 5.74) is 5.72. The summed E-state index contributed by atoms with van der Waals surface area (Å²) in [6, 6.07) is 8.88. The van der Waals surface area contributed by atoms with Gasteiger partial charge in [0.1, 0.15) is 6.17 Å².